The molecule has 1 saturated heterocycles. The number of ether oxygens (including phenoxy) is 1. The first-order chi connectivity index (χ1) is 11.8. The highest BCUT2D eigenvalue weighted by atomic mass is 127. The fraction of sp³-hybridized carbons (Fsp3) is 0.944. The van der Waals surface area contributed by atoms with Gasteiger partial charge in [0, 0.05) is 52.5 Å². The van der Waals surface area contributed by atoms with Crippen LogP contribution in [-0.2, 0) is 4.74 Å². The summed E-state index contributed by atoms with van der Waals surface area (Å²) in [4.78, 5) is 9.59. The van der Waals surface area contributed by atoms with Crippen LogP contribution in [0.3, 0.4) is 0 Å². The van der Waals surface area contributed by atoms with Crippen molar-refractivity contribution in [2.45, 2.75) is 39.5 Å². The summed E-state index contributed by atoms with van der Waals surface area (Å²) < 4.78 is 5.58. The fourth-order valence-corrected chi connectivity index (χ4v) is 2.70. The van der Waals surface area contributed by atoms with E-state index in [4.69, 9.17) is 4.74 Å². The van der Waals surface area contributed by atoms with Crippen molar-refractivity contribution in [2.75, 3.05) is 72.6 Å². The molecule has 0 bridgehead atoms. The van der Waals surface area contributed by atoms with Gasteiger partial charge in [-0.1, -0.05) is 13.3 Å². The summed E-state index contributed by atoms with van der Waals surface area (Å²) in [5, 5.41) is 6.78. The van der Waals surface area contributed by atoms with Crippen molar-refractivity contribution in [1.82, 2.24) is 20.4 Å². The van der Waals surface area contributed by atoms with E-state index in [-0.39, 0.29) is 24.0 Å². The second-order valence-electron chi connectivity index (χ2n) is 6.51. The molecule has 1 fully saturated rings. The SMILES string of the molecule is CCCCOCCCN=C(NCC)NCCN1CCCN(C)CC1.I. The zero-order valence-corrected chi connectivity index (χ0v) is 18.9. The van der Waals surface area contributed by atoms with E-state index in [2.05, 4.69) is 46.3 Å². The van der Waals surface area contributed by atoms with Crippen LogP contribution in [0.15, 0.2) is 4.99 Å². The third-order valence-electron chi connectivity index (χ3n) is 4.24. The summed E-state index contributed by atoms with van der Waals surface area (Å²) in [6.45, 7) is 14.5. The summed E-state index contributed by atoms with van der Waals surface area (Å²) >= 11 is 0. The van der Waals surface area contributed by atoms with Crippen LogP contribution in [0.4, 0.5) is 0 Å². The summed E-state index contributed by atoms with van der Waals surface area (Å²) in [7, 11) is 2.21. The normalized spacial score (nSPS) is 17.0. The molecule has 1 aliphatic heterocycles. The molecule has 0 unspecified atom stereocenters. The van der Waals surface area contributed by atoms with E-state index in [1.807, 2.05) is 0 Å². The van der Waals surface area contributed by atoms with Crippen molar-refractivity contribution < 1.29 is 4.74 Å². The van der Waals surface area contributed by atoms with Gasteiger partial charge in [-0.3, -0.25) is 4.99 Å². The van der Waals surface area contributed by atoms with Gasteiger partial charge in [0.2, 0.25) is 0 Å². The van der Waals surface area contributed by atoms with Gasteiger partial charge in [0.05, 0.1) is 0 Å². The van der Waals surface area contributed by atoms with Gasteiger partial charge in [0.15, 0.2) is 5.96 Å². The van der Waals surface area contributed by atoms with Crippen LogP contribution in [0.1, 0.15) is 39.5 Å². The lowest BCUT2D eigenvalue weighted by atomic mass is 10.4. The number of hydrogen-bond acceptors (Lipinski definition) is 4. The Hall–Kier alpha value is -0.120. The van der Waals surface area contributed by atoms with Crippen molar-refractivity contribution >= 4 is 29.9 Å². The number of nitrogens with zero attached hydrogens (tertiary/aromatic N) is 3. The summed E-state index contributed by atoms with van der Waals surface area (Å²) in [5.74, 6) is 0.929. The number of guanidine groups is 1. The van der Waals surface area contributed by atoms with Crippen molar-refractivity contribution in [3.8, 4) is 0 Å². The minimum absolute atomic E-state index is 0. The number of nitrogens with one attached hydrogen (secondary N) is 2. The number of aliphatic imine (C=N–C) groups is 1. The highest BCUT2D eigenvalue weighted by molar-refractivity contribution is 14.0. The molecule has 0 radical (unpaired) electrons. The van der Waals surface area contributed by atoms with Crippen molar-refractivity contribution in [3.05, 3.63) is 0 Å². The molecule has 7 heteroatoms. The van der Waals surface area contributed by atoms with Gasteiger partial charge in [0.25, 0.3) is 0 Å². The van der Waals surface area contributed by atoms with Gasteiger partial charge in [-0.25, -0.2) is 0 Å². The van der Waals surface area contributed by atoms with Crippen molar-refractivity contribution in [1.29, 1.82) is 0 Å². The molecule has 1 heterocycles. The molecule has 0 spiro atoms. The van der Waals surface area contributed by atoms with Gasteiger partial charge in [-0.15, -0.1) is 24.0 Å². The lowest BCUT2D eigenvalue weighted by Gasteiger charge is -2.21. The zero-order valence-electron chi connectivity index (χ0n) is 16.6. The van der Waals surface area contributed by atoms with E-state index in [0.717, 1.165) is 58.2 Å². The maximum Gasteiger partial charge on any atom is 0.191 e. The average molecular weight is 469 g/mol. The second-order valence-corrected chi connectivity index (χ2v) is 6.51. The van der Waals surface area contributed by atoms with Gasteiger partial charge in [-0.05, 0) is 46.3 Å². The number of likely N-dealkylation sites (N-methyl/N-ethyl adjacent to an activating group) is 1. The lowest BCUT2D eigenvalue weighted by Crippen LogP contribution is -2.42. The molecule has 1 aliphatic rings. The van der Waals surface area contributed by atoms with Crippen molar-refractivity contribution in [2.24, 2.45) is 4.99 Å². The predicted octanol–water partition coefficient (Wildman–Crippen LogP) is 2.00. The van der Waals surface area contributed by atoms with Crippen LogP contribution in [0, 0.1) is 0 Å². The average Bonchev–Trinajstić information content (AvgIpc) is 2.78. The number of rotatable bonds is 11. The quantitative estimate of drug-likeness (QED) is 0.210. The van der Waals surface area contributed by atoms with E-state index in [1.165, 1.54) is 39.0 Å². The highest BCUT2D eigenvalue weighted by Crippen LogP contribution is 1.99. The van der Waals surface area contributed by atoms with Gasteiger partial charge in [0.1, 0.15) is 0 Å². The highest BCUT2D eigenvalue weighted by Gasteiger charge is 2.11. The minimum atomic E-state index is 0. The molecule has 0 aromatic heterocycles. The molecular weight excluding hydrogens is 429 g/mol. The Morgan fingerprint density at radius 3 is 2.60 bits per heavy atom. The van der Waals surface area contributed by atoms with E-state index in [1.54, 1.807) is 0 Å². The summed E-state index contributed by atoms with van der Waals surface area (Å²) in [6.07, 6.45) is 4.60. The topological polar surface area (TPSA) is 52.1 Å². The Morgan fingerprint density at radius 1 is 1.04 bits per heavy atom. The molecule has 25 heavy (non-hydrogen) atoms. The van der Waals surface area contributed by atoms with Gasteiger partial charge >= 0.3 is 0 Å². The Morgan fingerprint density at radius 2 is 1.84 bits per heavy atom. The third-order valence-corrected chi connectivity index (χ3v) is 4.24. The summed E-state index contributed by atoms with van der Waals surface area (Å²) in [5.41, 5.74) is 0. The van der Waals surface area contributed by atoms with Gasteiger partial charge in [-0.2, -0.15) is 0 Å². The Balaban J connectivity index is 0.00000576. The van der Waals surface area contributed by atoms with Crippen LogP contribution >= 0.6 is 24.0 Å². The standard InChI is InChI=1S/C18H39N5O.HI/c1-4-6-16-24-17-7-9-20-18(19-5-2)21-10-13-23-12-8-11-22(3)14-15-23;/h4-17H2,1-3H3,(H2,19,20,21);1H. The first-order valence-electron chi connectivity index (χ1n) is 9.77. The molecule has 0 amide bonds. The van der Waals surface area contributed by atoms with Crippen molar-refractivity contribution in [3.63, 3.8) is 0 Å². The Kier molecular flexibility index (Phi) is 17.2. The van der Waals surface area contributed by atoms with E-state index < -0.39 is 0 Å². The maximum absolute atomic E-state index is 5.58. The maximum atomic E-state index is 5.58. The predicted molar refractivity (Wildman–Crippen MR) is 118 cm³/mol. The number of unbranched alkanes of at least 4 members (excludes halogenated alkanes) is 1. The second kappa shape index (κ2) is 17.3. The molecule has 0 atom stereocenters. The smallest absolute Gasteiger partial charge is 0.191 e. The van der Waals surface area contributed by atoms with E-state index in [9.17, 15) is 0 Å². The minimum Gasteiger partial charge on any atom is -0.381 e. The Bertz CT molecular complexity index is 331. The molecule has 2 N–H and O–H groups in total. The first-order valence-corrected chi connectivity index (χ1v) is 9.77. The molecular formula is C18H40IN5O. The largest absolute Gasteiger partial charge is 0.381 e. The lowest BCUT2D eigenvalue weighted by molar-refractivity contribution is 0.130. The zero-order chi connectivity index (χ0) is 17.5. The van der Waals surface area contributed by atoms with Crippen LogP contribution in [0.25, 0.3) is 0 Å². The van der Waals surface area contributed by atoms with Crippen LogP contribution in [0.2, 0.25) is 0 Å². The first kappa shape index (κ1) is 24.9. The Labute approximate surface area is 172 Å². The van der Waals surface area contributed by atoms with E-state index in [0.29, 0.717) is 0 Å². The third kappa shape index (κ3) is 13.7. The van der Waals surface area contributed by atoms with Crippen LogP contribution in [-0.4, -0.2) is 88.4 Å². The molecule has 0 aromatic rings. The van der Waals surface area contributed by atoms with E-state index >= 15 is 0 Å². The number of halogens is 1. The van der Waals surface area contributed by atoms with Crippen LogP contribution in [0.5, 0.6) is 0 Å². The molecule has 0 aliphatic carbocycles. The fourth-order valence-electron chi connectivity index (χ4n) is 2.70. The molecule has 0 aromatic carbocycles. The summed E-state index contributed by atoms with van der Waals surface area (Å²) in [6, 6.07) is 0. The molecule has 150 valence electrons. The molecule has 0 saturated carbocycles. The molecule has 6 nitrogen and oxygen atoms in total. The monoisotopic (exact) mass is 469 g/mol. The molecule has 1 rings (SSSR count). The van der Waals surface area contributed by atoms with Crippen LogP contribution < -0.4 is 10.6 Å². The van der Waals surface area contributed by atoms with Gasteiger partial charge < -0.3 is 25.2 Å². The number of hydrogen-bond donors (Lipinski definition) is 2.